The first-order chi connectivity index (χ1) is 10.3. The van der Waals surface area contributed by atoms with E-state index in [9.17, 15) is 0 Å². The van der Waals surface area contributed by atoms with Crippen LogP contribution >= 0.6 is 11.8 Å². The summed E-state index contributed by atoms with van der Waals surface area (Å²) in [5.74, 6) is 2.26. The highest BCUT2D eigenvalue weighted by atomic mass is 32.2. The maximum Gasteiger partial charge on any atom is 0.219 e. The van der Waals surface area contributed by atoms with Crippen LogP contribution in [0.15, 0.2) is 11.2 Å². The zero-order chi connectivity index (χ0) is 15.1. The van der Waals surface area contributed by atoms with E-state index in [2.05, 4.69) is 29.1 Å². The molecule has 1 N–H and O–H groups in total. The Bertz CT molecular complexity index is 442. The van der Waals surface area contributed by atoms with Crippen LogP contribution in [0.2, 0.25) is 0 Å². The van der Waals surface area contributed by atoms with Crippen LogP contribution < -0.4 is 10.1 Å². The number of aromatic nitrogens is 2. The predicted molar refractivity (Wildman–Crippen MR) is 89.3 cm³/mol. The molecule has 21 heavy (non-hydrogen) atoms. The van der Waals surface area contributed by atoms with Gasteiger partial charge in [0.25, 0.3) is 0 Å². The number of ether oxygens (including phenoxy) is 1. The van der Waals surface area contributed by atoms with Gasteiger partial charge in [-0.25, -0.2) is 4.98 Å². The lowest BCUT2D eigenvalue weighted by Crippen LogP contribution is -2.30. The van der Waals surface area contributed by atoms with Gasteiger partial charge in [0.2, 0.25) is 5.88 Å². The number of anilines is 1. The van der Waals surface area contributed by atoms with E-state index in [0.717, 1.165) is 36.2 Å². The van der Waals surface area contributed by atoms with Crippen LogP contribution in [0.3, 0.4) is 0 Å². The van der Waals surface area contributed by atoms with Crippen molar-refractivity contribution in [3.05, 3.63) is 6.07 Å². The van der Waals surface area contributed by atoms with Gasteiger partial charge in [-0.1, -0.05) is 32.0 Å². The Morgan fingerprint density at radius 1 is 1.29 bits per heavy atom. The minimum absolute atomic E-state index is 0.312. The fourth-order valence-corrected chi connectivity index (χ4v) is 3.22. The second kappa shape index (κ2) is 8.47. The Balaban J connectivity index is 2.10. The quantitative estimate of drug-likeness (QED) is 0.598. The van der Waals surface area contributed by atoms with E-state index < -0.39 is 0 Å². The molecular formula is C16H27N3OS. The van der Waals surface area contributed by atoms with Crippen LogP contribution in [-0.2, 0) is 0 Å². The molecule has 0 aromatic carbocycles. The van der Waals surface area contributed by atoms with E-state index in [-0.39, 0.29) is 0 Å². The summed E-state index contributed by atoms with van der Waals surface area (Å²) in [7, 11) is 0. The Labute approximate surface area is 132 Å². The number of rotatable bonds is 7. The number of nitrogens with zero attached hydrogens (tertiary/aromatic N) is 2. The third-order valence-electron chi connectivity index (χ3n) is 4.06. The average Bonchev–Trinajstić information content (AvgIpc) is 2.53. The number of hydrogen-bond acceptors (Lipinski definition) is 5. The van der Waals surface area contributed by atoms with Gasteiger partial charge in [-0.2, -0.15) is 4.98 Å². The molecule has 2 unspecified atom stereocenters. The van der Waals surface area contributed by atoms with E-state index in [1.165, 1.54) is 25.7 Å². The van der Waals surface area contributed by atoms with E-state index in [4.69, 9.17) is 4.74 Å². The van der Waals surface area contributed by atoms with E-state index in [1.807, 2.05) is 12.3 Å². The maximum atomic E-state index is 6.22. The van der Waals surface area contributed by atoms with Crippen molar-refractivity contribution in [1.29, 1.82) is 0 Å². The first kappa shape index (κ1) is 16.4. The Morgan fingerprint density at radius 2 is 2.10 bits per heavy atom. The number of hydrogen-bond donors (Lipinski definition) is 1. The van der Waals surface area contributed by atoms with Crippen LogP contribution in [0, 0.1) is 5.92 Å². The monoisotopic (exact) mass is 309 g/mol. The fourth-order valence-electron chi connectivity index (χ4n) is 2.85. The molecule has 0 saturated heterocycles. The summed E-state index contributed by atoms with van der Waals surface area (Å²) >= 11 is 1.56. The van der Waals surface area contributed by atoms with Crippen LogP contribution in [0.5, 0.6) is 5.88 Å². The first-order valence-electron chi connectivity index (χ1n) is 8.10. The lowest BCUT2D eigenvalue weighted by atomic mass is 9.85. The highest BCUT2D eigenvalue weighted by Gasteiger charge is 2.25. The molecule has 2 rings (SSSR count). The van der Waals surface area contributed by atoms with Crippen molar-refractivity contribution in [3.8, 4) is 5.88 Å². The van der Waals surface area contributed by atoms with Crippen LogP contribution in [-0.4, -0.2) is 28.9 Å². The lowest BCUT2D eigenvalue weighted by molar-refractivity contribution is 0.0851. The summed E-state index contributed by atoms with van der Waals surface area (Å²) in [5.41, 5.74) is 0. The van der Waals surface area contributed by atoms with Crippen molar-refractivity contribution < 1.29 is 4.74 Å². The molecular weight excluding hydrogens is 282 g/mol. The third-order valence-corrected chi connectivity index (χ3v) is 4.60. The minimum atomic E-state index is 0.312. The van der Waals surface area contributed by atoms with Gasteiger partial charge in [-0.3, -0.25) is 0 Å². The lowest BCUT2D eigenvalue weighted by Gasteiger charge is -2.30. The molecule has 1 aliphatic carbocycles. The summed E-state index contributed by atoms with van der Waals surface area (Å²) in [6.45, 7) is 5.33. The SMILES string of the molecule is CCCNc1cc(OC2CCCCC2CC)nc(SC)n1. The normalized spacial score (nSPS) is 22.0. The maximum absolute atomic E-state index is 6.22. The molecule has 5 heteroatoms. The molecule has 0 spiro atoms. The molecule has 1 aliphatic rings. The van der Waals surface area contributed by atoms with Crippen molar-refractivity contribution in [1.82, 2.24) is 9.97 Å². The summed E-state index contributed by atoms with van der Waals surface area (Å²) in [6, 6.07) is 1.94. The van der Waals surface area contributed by atoms with E-state index in [1.54, 1.807) is 11.8 Å². The van der Waals surface area contributed by atoms with Gasteiger partial charge >= 0.3 is 0 Å². The standard InChI is InChI=1S/C16H27N3OS/c1-4-10-17-14-11-15(19-16(18-14)21-3)20-13-9-7-6-8-12(13)5-2/h11-13H,4-10H2,1-3H3,(H,17,18,19). The zero-order valence-corrected chi connectivity index (χ0v) is 14.2. The molecule has 1 heterocycles. The molecule has 118 valence electrons. The van der Waals surface area contributed by atoms with Crippen molar-refractivity contribution in [2.75, 3.05) is 18.1 Å². The van der Waals surface area contributed by atoms with E-state index in [0.29, 0.717) is 12.0 Å². The smallest absolute Gasteiger partial charge is 0.219 e. The summed E-state index contributed by atoms with van der Waals surface area (Å²) in [6.07, 6.45) is 9.61. The van der Waals surface area contributed by atoms with Crippen LogP contribution in [0.4, 0.5) is 5.82 Å². The van der Waals surface area contributed by atoms with Gasteiger partial charge in [-0.15, -0.1) is 0 Å². The summed E-state index contributed by atoms with van der Waals surface area (Å²) in [5, 5.41) is 4.10. The predicted octanol–water partition coefficient (Wildman–Crippen LogP) is 4.37. The van der Waals surface area contributed by atoms with Crippen LogP contribution in [0.1, 0.15) is 52.4 Å². The van der Waals surface area contributed by atoms with Crippen molar-refractivity contribution in [3.63, 3.8) is 0 Å². The summed E-state index contributed by atoms with van der Waals surface area (Å²) < 4.78 is 6.22. The van der Waals surface area contributed by atoms with Gasteiger partial charge in [0, 0.05) is 12.6 Å². The Hall–Kier alpha value is -0.970. The number of nitrogens with one attached hydrogen (secondary N) is 1. The fraction of sp³-hybridized carbons (Fsp3) is 0.750. The first-order valence-corrected chi connectivity index (χ1v) is 9.32. The van der Waals surface area contributed by atoms with Gasteiger partial charge in [0.1, 0.15) is 11.9 Å². The van der Waals surface area contributed by atoms with Crippen molar-refractivity contribution >= 4 is 17.6 Å². The van der Waals surface area contributed by atoms with Gasteiger partial charge in [0.15, 0.2) is 5.16 Å². The number of thioether (sulfide) groups is 1. The second-order valence-electron chi connectivity index (χ2n) is 5.61. The molecule has 0 radical (unpaired) electrons. The Morgan fingerprint density at radius 3 is 2.81 bits per heavy atom. The molecule has 4 nitrogen and oxygen atoms in total. The molecule has 1 saturated carbocycles. The molecule has 1 aromatic rings. The highest BCUT2D eigenvalue weighted by Crippen LogP contribution is 2.30. The second-order valence-corrected chi connectivity index (χ2v) is 6.39. The zero-order valence-electron chi connectivity index (χ0n) is 13.4. The van der Waals surface area contributed by atoms with Crippen LogP contribution in [0.25, 0.3) is 0 Å². The van der Waals surface area contributed by atoms with Crippen molar-refractivity contribution in [2.45, 2.75) is 63.6 Å². The average molecular weight is 309 g/mol. The van der Waals surface area contributed by atoms with Gasteiger partial charge < -0.3 is 10.1 Å². The molecule has 1 fully saturated rings. The Kier molecular flexibility index (Phi) is 6.61. The molecule has 1 aromatic heterocycles. The van der Waals surface area contributed by atoms with E-state index >= 15 is 0 Å². The molecule has 0 bridgehead atoms. The minimum Gasteiger partial charge on any atom is -0.474 e. The van der Waals surface area contributed by atoms with Gasteiger partial charge in [-0.05, 0) is 44.3 Å². The topological polar surface area (TPSA) is 47.0 Å². The highest BCUT2D eigenvalue weighted by molar-refractivity contribution is 7.98. The third kappa shape index (κ3) is 4.77. The summed E-state index contributed by atoms with van der Waals surface area (Å²) in [4.78, 5) is 8.99. The van der Waals surface area contributed by atoms with Crippen molar-refractivity contribution in [2.24, 2.45) is 5.92 Å². The largest absolute Gasteiger partial charge is 0.474 e. The molecule has 2 atom stereocenters. The molecule has 0 amide bonds. The van der Waals surface area contributed by atoms with Gasteiger partial charge in [0.05, 0.1) is 0 Å². The molecule has 0 aliphatic heterocycles.